The highest BCUT2D eigenvalue weighted by Crippen LogP contribution is 2.12. The smallest absolute Gasteiger partial charge is 0.252 e. The van der Waals surface area contributed by atoms with Crippen molar-refractivity contribution in [3.63, 3.8) is 0 Å². The van der Waals surface area contributed by atoms with Crippen molar-refractivity contribution in [2.24, 2.45) is 0 Å². The first kappa shape index (κ1) is 9.75. The molecule has 13 heavy (non-hydrogen) atoms. The summed E-state index contributed by atoms with van der Waals surface area (Å²) in [6, 6.07) is 1.97. The Morgan fingerprint density at radius 3 is 3.00 bits per heavy atom. The molecule has 0 aromatic carbocycles. The second kappa shape index (κ2) is 4.63. The molecule has 0 bridgehead atoms. The first-order chi connectivity index (χ1) is 6.25. The van der Waals surface area contributed by atoms with Crippen molar-refractivity contribution in [1.29, 1.82) is 5.26 Å². The molecule has 3 nitrogen and oxygen atoms in total. The maximum atomic E-state index is 11.4. The average Bonchev–Trinajstić information content (AvgIpc) is 2.52. The summed E-state index contributed by atoms with van der Waals surface area (Å²) < 4.78 is 0. The van der Waals surface area contributed by atoms with E-state index in [0.29, 0.717) is 18.5 Å². The van der Waals surface area contributed by atoms with Gasteiger partial charge in [-0.3, -0.25) is 4.79 Å². The van der Waals surface area contributed by atoms with Crippen LogP contribution in [0.4, 0.5) is 0 Å². The van der Waals surface area contributed by atoms with Gasteiger partial charge in [-0.05, 0) is 17.9 Å². The zero-order valence-corrected chi connectivity index (χ0v) is 8.15. The molecule has 0 fully saturated rings. The van der Waals surface area contributed by atoms with Gasteiger partial charge in [0.2, 0.25) is 0 Å². The van der Waals surface area contributed by atoms with Crippen LogP contribution in [0.3, 0.4) is 0 Å². The van der Waals surface area contributed by atoms with Crippen molar-refractivity contribution < 1.29 is 4.79 Å². The van der Waals surface area contributed by atoms with E-state index in [1.807, 2.05) is 23.8 Å². The van der Waals surface area contributed by atoms with E-state index in [9.17, 15) is 4.79 Å². The molecule has 0 radical (unpaired) electrons. The number of aryl methyl sites for hydroxylation is 1. The van der Waals surface area contributed by atoms with Crippen LogP contribution in [0.25, 0.3) is 0 Å². The summed E-state index contributed by atoms with van der Waals surface area (Å²) in [6.07, 6.45) is 0.356. The van der Waals surface area contributed by atoms with Crippen LogP contribution in [0.15, 0.2) is 10.8 Å². The maximum absolute atomic E-state index is 11.4. The molecule has 0 atom stereocenters. The van der Waals surface area contributed by atoms with E-state index in [4.69, 9.17) is 5.26 Å². The predicted octanol–water partition coefficient (Wildman–Crippen LogP) is 1.70. The zero-order valence-electron chi connectivity index (χ0n) is 7.33. The number of nitrogens with zero attached hydrogens (tertiary/aromatic N) is 1. The van der Waals surface area contributed by atoms with Gasteiger partial charge in [-0.1, -0.05) is 0 Å². The molecule has 0 aliphatic heterocycles. The molecular weight excluding hydrogens is 184 g/mol. The molecule has 1 aromatic heterocycles. The van der Waals surface area contributed by atoms with E-state index in [1.165, 1.54) is 11.3 Å². The Morgan fingerprint density at radius 2 is 2.46 bits per heavy atom. The Labute approximate surface area is 81.0 Å². The van der Waals surface area contributed by atoms with Crippen molar-refractivity contribution in [1.82, 2.24) is 5.32 Å². The number of hydrogen-bond acceptors (Lipinski definition) is 3. The first-order valence-electron chi connectivity index (χ1n) is 3.93. The third-order valence-electron chi connectivity index (χ3n) is 1.62. The van der Waals surface area contributed by atoms with Gasteiger partial charge in [0.25, 0.3) is 5.91 Å². The molecule has 0 spiro atoms. The fourth-order valence-corrected chi connectivity index (χ4v) is 1.75. The van der Waals surface area contributed by atoms with Crippen LogP contribution in [-0.2, 0) is 0 Å². The molecule has 0 saturated heterocycles. The normalized spacial score (nSPS) is 9.23. The van der Waals surface area contributed by atoms with Gasteiger partial charge in [-0.15, -0.1) is 0 Å². The van der Waals surface area contributed by atoms with E-state index < -0.39 is 0 Å². The third-order valence-corrected chi connectivity index (χ3v) is 2.48. The van der Waals surface area contributed by atoms with Crippen molar-refractivity contribution in [3.05, 3.63) is 21.9 Å². The van der Waals surface area contributed by atoms with Crippen LogP contribution < -0.4 is 5.32 Å². The summed E-state index contributed by atoms with van der Waals surface area (Å²) in [6.45, 7) is 2.32. The number of carbonyl (C=O) groups excluding carboxylic acids is 1. The van der Waals surface area contributed by atoms with Crippen molar-refractivity contribution in [2.45, 2.75) is 13.3 Å². The molecular formula is C9H10N2OS. The van der Waals surface area contributed by atoms with Gasteiger partial charge >= 0.3 is 0 Å². The van der Waals surface area contributed by atoms with Gasteiger partial charge in [0.05, 0.1) is 18.1 Å². The highest BCUT2D eigenvalue weighted by atomic mass is 32.1. The minimum atomic E-state index is -0.0889. The quantitative estimate of drug-likeness (QED) is 0.744. The Bertz CT molecular complexity index is 338. The lowest BCUT2D eigenvalue weighted by Gasteiger charge is -2.00. The van der Waals surface area contributed by atoms with Crippen molar-refractivity contribution in [2.75, 3.05) is 6.54 Å². The molecule has 1 rings (SSSR count). The highest BCUT2D eigenvalue weighted by Gasteiger charge is 2.07. The first-order valence-corrected chi connectivity index (χ1v) is 4.88. The number of amides is 1. The molecule has 0 saturated carbocycles. The Balaban J connectivity index is 2.50. The topological polar surface area (TPSA) is 52.9 Å². The number of rotatable bonds is 3. The summed E-state index contributed by atoms with van der Waals surface area (Å²) >= 11 is 1.51. The van der Waals surface area contributed by atoms with Gasteiger partial charge in [0.1, 0.15) is 0 Å². The fourth-order valence-electron chi connectivity index (χ4n) is 0.920. The molecule has 1 amide bonds. The minimum Gasteiger partial charge on any atom is -0.351 e. The van der Waals surface area contributed by atoms with Gasteiger partial charge in [0.15, 0.2) is 0 Å². The van der Waals surface area contributed by atoms with Gasteiger partial charge in [-0.25, -0.2) is 0 Å². The molecule has 0 aliphatic carbocycles. The maximum Gasteiger partial charge on any atom is 0.252 e. The molecule has 1 N–H and O–H groups in total. The van der Waals surface area contributed by atoms with Gasteiger partial charge < -0.3 is 5.32 Å². The van der Waals surface area contributed by atoms with Crippen LogP contribution in [0.2, 0.25) is 0 Å². The standard InChI is InChI=1S/C9H10N2OS/c1-7-5-13-6-8(7)9(12)11-4-2-3-10/h5-6H,2,4H2,1H3,(H,11,12). The zero-order chi connectivity index (χ0) is 9.68. The number of carbonyl (C=O) groups is 1. The molecule has 68 valence electrons. The average molecular weight is 194 g/mol. The summed E-state index contributed by atoms with van der Waals surface area (Å²) in [5, 5.41) is 14.7. The van der Waals surface area contributed by atoms with E-state index in [1.54, 1.807) is 0 Å². The number of thiophene rings is 1. The number of nitrogens with one attached hydrogen (secondary N) is 1. The SMILES string of the molecule is Cc1cscc1C(=O)NCCC#N. The van der Waals surface area contributed by atoms with E-state index >= 15 is 0 Å². The fraction of sp³-hybridized carbons (Fsp3) is 0.333. The molecule has 4 heteroatoms. The van der Waals surface area contributed by atoms with Crippen LogP contribution in [0.1, 0.15) is 22.3 Å². The monoisotopic (exact) mass is 194 g/mol. The van der Waals surface area contributed by atoms with Crippen LogP contribution >= 0.6 is 11.3 Å². The lowest BCUT2D eigenvalue weighted by atomic mass is 10.2. The minimum absolute atomic E-state index is 0.0889. The Hall–Kier alpha value is -1.34. The van der Waals surface area contributed by atoms with Gasteiger partial charge in [0, 0.05) is 11.9 Å². The van der Waals surface area contributed by atoms with E-state index in [2.05, 4.69) is 5.32 Å². The van der Waals surface area contributed by atoms with Crippen LogP contribution in [0, 0.1) is 18.3 Å². The summed E-state index contributed by atoms with van der Waals surface area (Å²) in [5.41, 5.74) is 1.70. The predicted molar refractivity (Wildman–Crippen MR) is 51.6 cm³/mol. The largest absolute Gasteiger partial charge is 0.351 e. The Morgan fingerprint density at radius 1 is 1.69 bits per heavy atom. The van der Waals surface area contributed by atoms with Crippen LogP contribution in [0.5, 0.6) is 0 Å². The van der Waals surface area contributed by atoms with E-state index in [-0.39, 0.29) is 5.91 Å². The molecule has 0 aliphatic rings. The molecule has 1 heterocycles. The summed E-state index contributed by atoms with van der Waals surface area (Å²) in [4.78, 5) is 11.4. The second-order valence-electron chi connectivity index (χ2n) is 2.63. The lowest BCUT2D eigenvalue weighted by Crippen LogP contribution is -2.24. The third kappa shape index (κ3) is 2.56. The van der Waals surface area contributed by atoms with Crippen molar-refractivity contribution >= 4 is 17.2 Å². The summed E-state index contributed by atoms with van der Waals surface area (Å²) in [5.74, 6) is -0.0889. The van der Waals surface area contributed by atoms with Crippen LogP contribution in [-0.4, -0.2) is 12.5 Å². The summed E-state index contributed by atoms with van der Waals surface area (Å²) in [7, 11) is 0. The molecule has 1 aromatic rings. The number of hydrogen-bond donors (Lipinski definition) is 1. The Kier molecular flexibility index (Phi) is 3.47. The number of nitriles is 1. The second-order valence-corrected chi connectivity index (χ2v) is 3.38. The highest BCUT2D eigenvalue weighted by molar-refractivity contribution is 7.08. The van der Waals surface area contributed by atoms with Crippen molar-refractivity contribution in [3.8, 4) is 6.07 Å². The molecule has 0 unspecified atom stereocenters. The van der Waals surface area contributed by atoms with Gasteiger partial charge in [-0.2, -0.15) is 16.6 Å². The van der Waals surface area contributed by atoms with E-state index in [0.717, 1.165) is 5.56 Å². The lowest BCUT2D eigenvalue weighted by molar-refractivity contribution is 0.0954.